The molecule has 15 heteroatoms. The highest BCUT2D eigenvalue weighted by Crippen LogP contribution is 2.33. The molecular weight excluding hydrogens is 704 g/mol. The zero-order chi connectivity index (χ0) is 38.1. The van der Waals surface area contributed by atoms with E-state index >= 15 is 0 Å². The maximum atomic E-state index is 13.9. The number of likely N-dealkylation sites (tertiary alicyclic amines) is 1. The number of carbonyl (C=O) groups excluding carboxylic acids is 4. The van der Waals surface area contributed by atoms with Crippen molar-refractivity contribution in [3.8, 4) is 11.4 Å². The van der Waals surface area contributed by atoms with Crippen LogP contribution in [0.1, 0.15) is 59.0 Å². The zero-order valence-electron chi connectivity index (χ0n) is 30.1. The Morgan fingerprint density at radius 2 is 1.82 bits per heavy atom. The van der Waals surface area contributed by atoms with E-state index in [9.17, 15) is 23.6 Å². The molecule has 2 aromatic carbocycles. The molecule has 4 aliphatic heterocycles. The number of piperazine rings is 1. The van der Waals surface area contributed by atoms with Crippen LogP contribution in [-0.2, 0) is 20.9 Å². The molecule has 0 bridgehead atoms. The van der Waals surface area contributed by atoms with Gasteiger partial charge in [0.15, 0.2) is 0 Å². The molecule has 0 spiro atoms. The second-order valence-electron chi connectivity index (χ2n) is 14.2. The quantitative estimate of drug-likeness (QED) is 0.113. The van der Waals surface area contributed by atoms with E-state index in [-0.39, 0.29) is 42.5 Å². The predicted molar refractivity (Wildman–Crippen MR) is 203 cm³/mol. The topological polar surface area (TPSA) is 171 Å². The summed E-state index contributed by atoms with van der Waals surface area (Å²) in [5, 5.41) is 14.2. The van der Waals surface area contributed by atoms with Crippen LogP contribution in [0.2, 0.25) is 0 Å². The highest BCUT2D eigenvalue weighted by atomic mass is 19.1. The number of hydrogen-bond donors (Lipinski definition) is 4. The van der Waals surface area contributed by atoms with Gasteiger partial charge in [-0.2, -0.15) is 0 Å². The molecule has 0 saturated carbocycles. The van der Waals surface area contributed by atoms with Crippen molar-refractivity contribution < 1.29 is 23.6 Å². The molecule has 1 unspecified atom stereocenters. The first-order valence-corrected chi connectivity index (χ1v) is 18.6. The molecular formula is C40H41FN10O4. The van der Waals surface area contributed by atoms with Gasteiger partial charge < -0.3 is 29.9 Å². The number of imide groups is 1. The summed E-state index contributed by atoms with van der Waals surface area (Å²) >= 11 is 0. The minimum atomic E-state index is -0.676. The molecule has 4 aliphatic rings. The third kappa shape index (κ3) is 7.54. The van der Waals surface area contributed by atoms with Crippen LogP contribution in [0.5, 0.6) is 0 Å². The molecule has 0 radical (unpaired) electrons. The number of nitrogens with zero attached hydrogens (tertiary/aromatic N) is 6. The number of aromatic nitrogens is 3. The first kappa shape index (κ1) is 35.6. The number of hydrogen-bond acceptors (Lipinski definition) is 9. The summed E-state index contributed by atoms with van der Waals surface area (Å²) in [6.07, 6.45) is 7.50. The second-order valence-corrected chi connectivity index (χ2v) is 14.2. The molecule has 282 valence electrons. The van der Waals surface area contributed by atoms with Gasteiger partial charge in [-0.05, 0) is 78.9 Å². The van der Waals surface area contributed by atoms with E-state index in [1.807, 2.05) is 46.2 Å². The Bertz CT molecular complexity index is 2200. The number of piperidine rings is 1. The van der Waals surface area contributed by atoms with Crippen LogP contribution in [-0.4, -0.2) is 104 Å². The number of halogens is 1. The van der Waals surface area contributed by atoms with Gasteiger partial charge in [0.1, 0.15) is 29.3 Å². The number of pyridine rings is 1. The fourth-order valence-electron chi connectivity index (χ4n) is 7.81. The van der Waals surface area contributed by atoms with Crippen molar-refractivity contribution in [1.29, 1.82) is 5.41 Å². The third-order valence-electron chi connectivity index (χ3n) is 10.7. The van der Waals surface area contributed by atoms with Gasteiger partial charge in [0.2, 0.25) is 17.7 Å². The van der Waals surface area contributed by atoms with Gasteiger partial charge in [-0.3, -0.25) is 29.9 Å². The lowest BCUT2D eigenvalue weighted by Gasteiger charge is -2.35. The standard InChI is InChI=1S/C40H41FN10O4/c41-27-5-1-4-25(20-27)32-7-3-15-50(32)34(42)12-13-35-44-22-31(45-35)30-6-2-8-36(46-30)48-16-18-49(19-17-48)38(53)23-43-28-10-9-26-24-51(40(55)29(26)21-28)33-11-14-37(52)47-39(33)54/h1-2,4-6,8-10,12-13,20-22,32-33,42-43H,3,7,11,14-19,23-24H2,(H,44,45)(H,47,52,54)/b13-12-,42-34?/t32-,33?/m1/s1. The SMILES string of the molecule is N=C(/C=C\c1ncc(-c2cccc(N3CCN(C(=O)CNc4ccc5c(c4)C(=O)N(C4CCC(=O)NC4=O)C5)CC3)n2)[nH]1)N1CCC[C@@H]1c1cccc(F)c1. The number of aromatic amines is 1. The maximum absolute atomic E-state index is 13.9. The number of nitrogens with one attached hydrogen (secondary N) is 4. The lowest BCUT2D eigenvalue weighted by atomic mass is 10.0. The molecule has 4 aromatic rings. The van der Waals surface area contributed by atoms with E-state index in [1.165, 1.54) is 11.0 Å². The monoisotopic (exact) mass is 744 g/mol. The van der Waals surface area contributed by atoms with E-state index in [4.69, 9.17) is 10.4 Å². The Kier molecular flexibility index (Phi) is 9.83. The number of carbonyl (C=O) groups is 4. The lowest BCUT2D eigenvalue weighted by molar-refractivity contribution is -0.137. The first-order valence-electron chi connectivity index (χ1n) is 18.6. The van der Waals surface area contributed by atoms with Crippen LogP contribution in [0, 0.1) is 11.2 Å². The Balaban J connectivity index is 0.825. The highest BCUT2D eigenvalue weighted by molar-refractivity contribution is 6.05. The van der Waals surface area contributed by atoms with Crippen molar-refractivity contribution in [2.24, 2.45) is 0 Å². The van der Waals surface area contributed by atoms with E-state index in [0.717, 1.165) is 47.7 Å². The number of amides is 4. The van der Waals surface area contributed by atoms with Crippen molar-refractivity contribution in [1.82, 2.24) is 35.0 Å². The number of anilines is 2. The highest BCUT2D eigenvalue weighted by Gasteiger charge is 2.39. The molecule has 14 nitrogen and oxygen atoms in total. The molecule has 8 rings (SSSR count). The lowest BCUT2D eigenvalue weighted by Crippen LogP contribution is -2.52. The summed E-state index contributed by atoms with van der Waals surface area (Å²) in [5.74, 6) is 0.373. The Morgan fingerprint density at radius 3 is 2.64 bits per heavy atom. The molecule has 4 N–H and O–H groups in total. The van der Waals surface area contributed by atoms with Crippen LogP contribution in [0.15, 0.2) is 72.9 Å². The van der Waals surface area contributed by atoms with Gasteiger partial charge in [0, 0.05) is 56.9 Å². The van der Waals surface area contributed by atoms with E-state index in [1.54, 1.807) is 36.5 Å². The van der Waals surface area contributed by atoms with Crippen LogP contribution in [0.4, 0.5) is 15.9 Å². The Morgan fingerprint density at radius 1 is 0.982 bits per heavy atom. The van der Waals surface area contributed by atoms with Crippen LogP contribution >= 0.6 is 0 Å². The summed E-state index contributed by atoms with van der Waals surface area (Å²) in [7, 11) is 0. The number of amidine groups is 1. The molecule has 3 saturated heterocycles. The van der Waals surface area contributed by atoms with Crippen LogP contribution < -0.4 is 15.5 Å². The molecule has 6 heterocycles. The van der Waals surface area contributed by atoms with E-state index in [2.05, 4.69) is 25.5 Å². The number of H-pyrrole nitrogens is 1. The van der Waals surface area contributed by atoms with E-state index < -0.39 is 11.9 Å². The van der Waals surface area contributed by atoms with Crippen LogP contribution in [0.25, 0.3) is 17.5 Å². The smallest absolute Gasteiger partial charge is 0.255 e. The summed E-state index contributed by atoms with van der Waals surface area (Å²) in [6.45, 7) is 3.37. The fourth-order valence-corrected chi connectivity index (χ4v) is 7.81. The van der Waals surface area contributed by atoms with Gasteiger partial charge >= 0.3 is 0 Å². The zero-order valence-corrected chi connectivity index (χ0v) is 30.1. The molecule has 2 atom stereocenters. The average Bonchev–Trinajstić information content (AvgIpc) is 3.96. The minimum absolute atomic E-state index is 0.0323. The minimum Gasteiger partial charge on any atom is -0.376 e. The van der Waals surface area contributed by atoms with Gasteiger partial charge in [0.25, 0.3) is 5.91 Å². The van der Waals surface area contributed by atoms with Crippen molar-refractivity contribution in [2.75, 3.05) is 49.5 Å². The van der Waals surface area contributed by atoms with Crippen molar-refractivity contribution in [2.45, 2.75) is 44.3 Å². The predicted octanol–water partition coefficient (Wildman–Crippen LogP) is 3.96. The van der Waals surface area contributed by atoms with Crippen LogP contribution in [0.3, 0.4) is 0 Å². The third-order valence-corrected chi connectivity index (χ3v) is 10.7. The van der Waals surface area contributed by atoms with Gasteiger partial charge in [-0.25, -0.2) is 14.4 Å². The number of imidazole rings is 1. The van der Waals surface area contributed by atoms with Crippen molar-refractivity contribution in [3.63, 3.8) is 0 Å². The summed E-state index contributed by atoms with van der Waals surface area (Å²) < 4.78 is 13.9. The average molecular weight is 745 g/mol. The summed E-state index contributed by atoms with van der Waals surface area (Å²) in [4.78, 5) is 70.4. The Labute approximate surface area is 316 Å². The molecule has 3 fully saturated rings. The largest absolute Gasteiger partial charge is 0.376 e. The maximum Gasteiger partial charge on any atom is 0.255 e. The normalized spacial score (nSPS) is 20.0. The molecule has 0 aliphatic carbocycles. The number of fused-ring (bicyclic) bond motifs is 1. The van der Waals surface area contributed by atoms with Crippen molar-refractivity contribution in [3.05, 3.63) is 101 Å². The Hall–Kier alpha value is -6.38. The van der Waals surface area contributed by atoms with Gasteiger partial charge in [0.05, 0.1) is 30.2 Å². The molecule has 2 aromatic heterocycles. The number of rotatable bonds is 9. The first-order chi connectivity index (χ1) is 26.7. The number of benzene rings is 2. The summed E-state index contributed by atoms with van der Waals surface area (Å²) in [5.41, 5.74) is 4.27. The van der Waals surface area contributed by atoms with Crippen molar-refractivity contribution >= 4 is 47.0 Å². The van der Waals surface area contributed by atoms with E-state index in [0.29, 0.717) is 62.1 Å². The summed E-state index contributed by atoms with van der Waals surface area (Å²) in [6, 6.07) is 17.1. The van der Waals surface area contributed by atoms with Gasteiger partial charge in [-0.15, -0.1) is 0 Å². The molecule has 55 heavy (non-hydrogen) atoms. The van der Waals surface area contributed by atoms with Gasteiger partial charge in [-0.1, -0.05) is 24.3 Å². The molecule has 4 amide bonds. The fraction of sp³-hybridized carbons (Fsp3) is 0.325. The second kappa shape index (κ2) is 15.2.